The molecule has 0 fully saturated rings. The van der Waals surface area contributed by atoms with Gasteiger partial charge >= 0.3 is 0 Å². The lowest BCUT2D eigenvalue weighted by molar-refractivity contribution is -0.122. The predicted molar refractivity (Wildman–Crippen MR) is 93.8 cm³/mol. The van der Waals surface area contributed by atoms with Gasteiger partial charge in [-0.1, -0.05) is 36.4 Å². The Labute approximate surface area is 147 Å². The summed E-state index contributed by atoms with van der Waals surface area (Å²) in [6.45, 7) is 0.132. The van der Waals surface area contributed by atoms with Gasteiger partial charge in [-0.2, -0.15) is 4.31 Å². The molecular formula is C18H20N2O4S. The lowest BCUT2D eigenvalue weighted by Crippen LogP contribution is -2.47. The molecule has 1 heterocycles. The number of para-hydroxylation sites is 1. The Morgan fingerprint density at radius 2 is 1.84 bits per heavy atom. The highest BCUT2D eigenvalue weighted by molar-refractivity contribution is 7.89. The van der Waals surface area contributed by atoms with E-state index in [4.69, 9.17) is 4.74 Å². The van der Waals surface area contributed by atoms with Crippen molar-refractivity contribution < 1.29 is 17.9 Å². The van der Waals surface area contributed by atoms with Gasteiger partial charge in [-0.05, 0) is 30.2 Å². The summed E-state index contributed by atoms with van der Waals surface area (Å²) in [6, 6.07) is 15.6. The first kappa shape index (κ1) is 17.4. The molecule has 0 spiro atoms. The summed E-state index contributed by atoms with van der Waals surface area (Å²) in [5.74, 6) is 0.478. The Morgan fingerprint density at radius 1 is 1.16 bits per heavy atom. The number of fused-ring (bicyclic) bond motifs is 1. The van der Waals surface area contributed by atoms with Crippen LogP contribution in [0.3, 0.4) is 0 Å². The van der Waals surface area contributed by atoms with Gasteiger partial charge in [0.05, 0.1) is 17.5 Å². The number of hydrogen-bond acceptors (Lipinski definition) is 4. The number of carbonyl (C=O) groups is 1. The molecule has 1 amide bonds. The monoisotopic (exact) mass is 360 g/mol. The Morgan fingerprint density at radius 3 is 2.60 bits per heavy atom. The van der Waals surface area contributed by atoms with Crippen LogP contribution >= 0.6 is 0 Å². The minimum absolute atomic E-state index is 0.167. The molecule has 3 rings (SSSR count). The second-order valence-corrected chi connectivity index (χ2v) is 8.01. The molecule has 0 aromatic heterocycles. The SMILES string of the molecule is CN(CC(=O)N[C@H]1COc2ccccc2C1)S(=O)(=O)c1ccccc1. The number of nitrogens with zero attached hydrogens (tertiary/aromatic N) is 1. The van der Waals surface area contributed by atoms with Gasteiger partial charge in [0.2, 0.25) is 15.9 Å². The maximum absolute atomic E-state index is 12.4. The van der Waals surface area contributed by atoms with Crippen LogP contribution in [0.2, 0.25) is 0 Å². The fourth-order valence-electron chi connectivity index (χ4n) is 2.75. The zero-order valence-electron chi connectivity index (χ0n) is 13.9. The first-order valence-electron chi connectivity index (χ1n) is 7.98. The molecule has 6 nitrogen and oxygen atoms in total. The number of carbonyl (C=O) groups excluding carboxylic acids is 1. The fraction of sp³-hybridized carbons (Fsp3) is 0.278. The summed E-state index contributed by atoms with van der Waals surface area (Å²) in [4.78, 5) is 12.4. The normalized spacial score (nSPS) is 16.8. The highest BCUT2D eigenvalue weighted by Gasteiger charge is 2.25. The molecule has 1 atom stereocenters. The highest BCUT2D eigenvalue weighted by atomic mass is 32.2. The van der Waals surface area contributed by atoms with Gasteiger partial charge in [0.25, 0.3) is 0 Å². The number of benzene rings is 2. The third-order valence-corrected chi connectivity index (χ3v) is 5.88. The molecule has 0 saturated heterocycles. The van der Waals surface area contributed by atoms with E-state index in [2.05, 4.69) is 5.32 Å². The average molecular weight is 360 g/mol. The van der Waals surface area contributed by atoms with Crippen LogP contribution in [0.5, 0.6) is 5.75 Å². The number of rotatable bonds is 5. The maximum Gasteiger partial charge on any atom is 0.243 e. The van der Waals surface area contributed by atoms with Crippen LogP contribution in [0.1, 0.15) is 5.56 Å². The lowest BCUT2D eigenvalue weighted by Gasteiger charge is -2.26. The van der Waals surface area contributed by atoms with Crippen LogP contribution in [0.4, 0.5) is 0 Å². The average Bonchev–Trinajstić information content (AvgIpc) is 2.62. The van der Waals surface area contributed by atoms with Crippen molar-refractivity contribution >= 4 is 15.9 Å². The van der Waals surface area contributed by atoms with Crippen LogP contribution in [-0.4, -0.2) is 44.9 Å². The summed E-state index contributed by atoms with van der Waals surface area (Å²) in [5.41, 5.74) is 1.03. The van der Waals surface area contributed by atoms with Crippen LogP contribution in [0.15, 0.2) is 59.5 Å². The molecule has 1 aliphatic heterocycles. The molecule has 0 bridgehead atoms. The number of likely N-dealkylation sites (N-methyl/N-ethyl adjacent to an activating group) is 1. The van der Waals surface area contributed by atoms with Crippen LogP contribution in [0.25, 0.3) is 0 Å². The summed E-state index contributed by atoms with van der Waals surface area (Å²) in [6.07, 6.45) is 0.664. The smallest absolute Gasteiger partial charge is 0.243 e. The van der Waals surface area contributed by atoms with E-state index < -0.39 is 10.0 Å². The van der Waals surface area contributed by atoms with Crippen molar-refractivity contribution in [3.05, 3.63) is 60.2 Å². The third-order valence-electron chi connectivity index (χ3n) is 4.06. The van der Waals surface area contributed by atoms with Gasteiger partial charge in [0.15, 0.2) is 0 Å². The summed E-state index contributed by atoms with van der Waals surface area (Å²) in [5, 5.41) is 2.84. The largest absolute Gasteiger partial charge is 0.491 e. The quantitative estimate of drug-likeness (QED) is 0.875. The van der Waals surface area contributed by atoms with Crippen molar-refractivity contribution in [3.63, 3.8) is 0 Å². The first-order chi connectivity index (χ1) is 12.0. The number of amides is 1. The molecule has 132 valence electrons. The number of ether oxygens (including phenoxy) is 1. The molecule has 1 aliphatic rings. The van der Waals surface area contributed by atoms with E-state index in [1.807, 2.05) is 24.3 Å². The first-order valence-corrected chi connectivity index (χ1v) is 9.42. The van der Waals surface area contributed by atoms with E-state index in [0.29, 0.717) is 13.0 Å². The number of sulfonamides is 1. The Kier molecular flexibility index (Phi) is 5.06. The van der Waals surface area contributed by atoms with E-state index in [1.54, 1.807) is 18.2 Å². The lowest BCUT2D eigenvalue weighted by atomic mass is 10.0. The predicted octanol–water partition coefficient (Wildman–Crippen LogP) is 1.43. The zero-order chi connectivity index (χ0) is 17.9. The number of hydrogen-bond donors (Lipinski definition) is 1. The van der Waals surface area contributed by atoms with E-state index in [0.717, 1.165) is 15.6 Å². The molecule has 25 heavy (non-hydrogen) atoms. The maximum atomic E-state index is 12.4. The Balaban J connectivity index is 1.60. The molecule has 1 N–H and O–H groups in total. The van der Waals surface area contributed by atoms with Gasteiger partial charge in [0, 0.05) is 7.05 Å². The number of nitrogens with one attached hydrogen (secondary N) is 1. The Bertz CT molecular complexity index is 852. The van der Waals surface area contributed by atoms with Crippen molar-refractivity contribution in [2.45, 2.75) is 17.4 Å². The van der Waals surface area contributed by atoms with Crippen molar-refractivity contribution in [3.8, 4) is 5.75 Å². The van der Waals surface area contributed by atoms with Crippen LogP contribution in [-0.2, 0) is 21.2 Å². The minimum Gasteiger partial charge on any atom is -0.491 e. The molecule has 0 aliphatic carbocycles. The Hall–Kier alpha value is -2.38. The zero-order valence-corrected chi connectivity index (χ0v) is 14.7. The fourth-order valence-corrected chi connectivity index (χ4v) is 3.90. The summed E-state index contributed by atoms with van der Waals surface area (Å²) in [7, 11) is -2.28. The van der Waals surface area contributed by atoms with Gasteiger partial charge in [-0.3, -0.25) is 4.79 Å². The highest BCUT2D eigenvalue weighted by Crippen LogP contribution is 2.23. The molecule has 0 radical (unpaired) electrons. The van der Waals surface area contributed by atoms with E-state index >= 15 is 0 Å². The van der Waals surface area contributed by atoms with E-state index in [1.165, 1.54) is 19.2 Å². The van der Waals surface area contributed by atoms with E-state index in [-0.39, 0.29) is 23.4 Å². The standard InChI is InChI=1S/C18H20N2O4S/c1-20(25(22,23)16-8-3-2-4-9-16)12-18(21)19-15-11-14-7-5-6-10-17(14)24-13-15/h2-10,15H,11-13H2,1H3,(H,19,21)/t15-/m1/s1. The minimum atomic E-state index is -3.68. The van der Waals surface area contributed by atoms with Crippen LogP contribution < -0.4 is 10.1 Å². The van der Waals surface area contributed by atoms with Crippen LogP contribution in [0, 0.1) is 0 Å². The van der Waals surface area contributed by atoms with Gasteiger partial charge in [-0.15, -0.1) is 0 Å². The van der Waals surface area contributed by atoms with Crippen molar-refractivity contribution in [2.75, 3.05) is 20.2 Å². The molecule has 7 heteroatoms. The topological polar surface area (TPSA) is 75.7 Å². The molecular weight excluding hydrogens is 340 g/mol. The van der Waals surface area contributed by atoms with Gasteiger partial charge in [-0.25, -0.2) is 8.42 Å². The molecule has 0 unspecified atom stereocenters. The summed E-state index contributed by atoms with van der Waals surface area (Å²) < 4.78 is 31.6. The molecule has 2 aromatic rings. The van der Waals surface area contributed by atoms with Crippen molar-refractivity contribution in [1.82, 2.24) is 9.62 Å². The van der Waals surface area contributed by atoms with E-state index in [9.17, 15) is 13.2 Å². The van der Waals surface area contributed by atoms with Gasteiger partial charge in [0.1, 0.15) is 12.4 Å². The summed E-state index contributed by atoms with van der Waals surface area (Å²) >= 11 is 0. The molecule has 2 aromatic carbocycles. The molecule has 0 saturated carbocycles. The second-order valence-electron chi connectivity index (χ2n) is 5.96. The van der Waals surface area contributed by atoms with Crippen molar-refractivity contribution in [2.24, 2.45) is 0 Å². The second kappa shape index (κ2) is 7.25. The van der Waals surface area contributed by atoms with Gasteiger partial charge < -0.3 is 10.1 Å². The third kappa shape index (κ3) is 4.00. The van der Waals surface area contributed by atoms with Crippen molar-refractivity contribution in [1.29, 1.82) is 0 Å².